The van der Waals surface area contributed by atoms with Crippen LogP contribution in [0.3, 0.4) is 0 Å². The van der Waals surface area contributed by atoms with E-state index in [2.05, 4.69) is 9.84 Å². The highest BCUT2D eigenvalue weighted by Gasteiger charge is 2.36. The van der Waals surface area contributed by atoms with Crippen LogP contribution in [0.2, 0.25) is 5.02 Å². The number of methoxy groups -OCH3 is 1. The SMILES string of the molecule is COC(=O)c1c(C(C)C)cnn1-c1c(Cl)cccc1C(F)(F)F. The van der Waals surface area contributed by atoms with Gasteiger partial charge in [0.15, 0.2) is 5.69 Å². The first-order chi connectivity index (χ1) is 10.7. The summed E-state index contributed by atoms with van der Waals surface area (Å²) in [6, 6.07) is 3.39. The zero-order valence-corrected chi connectivity index (χ0v) is 13.4. The van der Waals surface area contributed by atoms with Gasteiger partial charge in [0.25, 0.3) is 0 Å². The van der Waals surface area contributed by atoms with Crippen molar-refractivity contribution in [1.29, 1.82) is 0 Å². The van der Waals surface area contributed by atoms with Crippen LogP contribution >= 0.6 is 11.6 Å². The third-order valence-electron chi connectivity index (χ3n) is 3.30. The Balaban J connectivity index is 2.81. The predicted octanol–water partition coefficient (Wildman–Crippen LogP) is 4.45. The molecule has 0 fully saturated rings. The summed E-state index contributed by atoms with van der Waals surface area (Å²) in [6.45, 7) is 3.59. The van der Waals surface area contributed by atoms with Crippen molar-refractivity contribution in [2.45, 2.75) is 25.9 Å². The first-order valence-corrected chi connectivity index (χ1v) is 7.08. The second-order valence-corrected chi connectivity index (χ2v) is 5.55. The molecule has 0 aliphatic rings. The van der Waals surface area contributed by atoms with Crippen molar-refractivity contribution in [2.75, 3.05) is 7.11 Å². The summed E-state index contributed by atoms with van der Waals surface area (Å²) in [7, 11) is 1.15. The highest BCUT2D eigenvalue weighted by Crippen LogP contribution is 2.38. The molecule has 0 aliphatic heterocycles. The van der Waals surface area contributed by atoms with Gasteiger partial charge in [-0.05, 0) is 18.1 Å². The van der Waals surface area contributed by atoms with Crippen LogP contribution in [-0.2, 0) is 10.9 Å². The van der Waals surface area contributed by atoms with Gasteiger partial charge in [-0.1, -0.05) is 31.5 Å². The van der Waals surface area contributed by atoms with Crippen LogP contribution in [0.5, 0.6) is 0 Å². The number of hydrogen-bond acceptors (Lipinski definition) is 3. The average Bonchev–Trinajstić information content (AvgIpc) is 2.89. The number of rotatable bonds is 3. The minimum Gasteiger partial charge on any atom is -0.464 e. The molecule has 0 saturated heterocycles. The molecule has 0 spiro atoms. The number of carbonyl (C=O) groups is 1. The second-order valence-electron chi connectivity index (χ2n) is 5.14. The Morgan fingerprint density at radius 3 is 2.52 bits per heavy atom. The molecule has 23 heavy (non-hydrogen) atoms. The maximum absolute atomic E-state index is 13.3. The number of aromatic nitrogens is 2. The zero-order chi connectivity index (χ0) is 17.4. The molecular weight excluding hydrogens is 333 g/mol. The number of alkyl halides is 3. The van der Waals surface area contributed by atoms with E-state index in [1.165, 1.54) is 18.3 Å². The van der Waals surface area contributed by atoms with Crippen LogP contribution in [0.1, 0.15) is 41.4 Å². The quantitative estimate of drug-likeness (QED) is 0.771. The van der Waals surface area contributed by atoms with E-state index in [9.17, 15) is 18.0 Å². The summed E-state index contributed by atoms with van der Waals surface area (Å²) in [5, 5.41) is 3.78. The van der Waals surface area contributed by atoms with Crippen molar-refractivity contribution >= 4 is 17.6 Å². The van der Waals surface area contributed by atoms with Gasteiger partial charge in [0, 0.05) is 5.56 Å². The summed E-state index contributed by atoms with van der Waals surface area (Å²) < 4.78 is 45.4. The van der Waals surface area contributed by atoms with Crippen LogP contribution in [0.4, 0.5) is 13.2 Å². The number of carbonyl (C=O) groups excluding carboxylic acids is 1. The average molecular weight is 347 g/mol. The first kappa shape index (κ1) is 17.3. The van der Waals surface area contributed by atoms with Gasteiger partial charge in [-0.15, -0.1) is 0 Å². The fraction of sp³-hybridized carbons (Fsp3) is 0.333. The molecule has 1 aromatic carbocycles. The molecule has 0 unspecified atom stereocenters. The van der Waals surface area contributed by atoms with Gasteiger partial charge in [-0.2, -0.15) is 18.3 Å². The van der Waals surface area contributed by atoms with Gasteiger partial charge < -0.3 is 4.74 Å². The van der Waals surface area contributed by atoms with E-state index in [0.29, 0.717) is 5.56 Å². The predicted molar refractivity (Wildman–Crippen MR) is 79.0 cm³/mol. The summed E-state index contributed by atoms with van der Waals surface area (Å²) in [6.07, 6.45) is -3.29. The molecule has 2 rings (SSSR count). The summed E-state index contributed by atoms with van der Waals surface area (Å²) in [5.41, 5.74) is -0.964. The van der Waals surface area contributed by atoms with Gasteiger partial charge in [-0.3, -0.25) is 0 Å². The van der Waals surface area contributed by atoms with E-state index in [1.807, 2.05) is 0 Å². The van der Waals surface area contributed by atoms with E-state index in [4.69, 9.17) is 11.6 Å². The fourth-order valence-electron chi connectivity index (χ4n) is 2.21. The van der Waals surface area contributed by atoms with E-state index >= 15 is 0 Å². The molecule has 0 atom stereocenters. The standard InChI is InChI=1S/C15H14ClF3N2O2/c1-8(2)9-7-20-21(12(9)14(22)23-3)13-10(15(17,18)19)5-4-6-11(13)16/h4-8H,1-3H3. The second kappa shape index (κ2) is 6.23. The van der Waals surface area contributed by atoms with E-state index < -0.39 is 23.4 Å². The Bertz CT molecular complexity index is 739. The van der Waals surface area contributed by atoms with Crippen molar-refractivity contribution in [3.8, 4) is 5.69 Å². The van der Waals surface area contributed by atoms with Crippen molar-refractivity contribution in [3.05, 3.63) is 46.2 Å². The van der Waals surface area contributed by atoms with Crippen LogP contribution in [-0.4, -0.2) is 22.9 Å². The normalized spacial score (nSPS) is 11.8. The Hall–Kier alpha value is -2.02. The number of esters is 1. The molecule has 1 aromatic heterocycles. The molecule has 4 nitrogen and oxygen atoms in total. The number of hydrogen-bond donors (Lipinski definition) is 0. The molecule has 0 saturated carbocycles. The minimum absolute atomic E-state index is 0.0684. The molecule has 0 N–H and O–H groups in total. The van der Waals surface area contributed by atoms with E-state index in [0.717, 1.165) is 17.9 Å². The highest BCUT2D eigenvalue weighted by atomic mass is 35.5. The van der Waals surface area contributed by atoms with Gasteiger partial charge in [-0.25, -0.2) is 9.48 Å². The van der Waals surface area contributed by atoms with Crippen molar-refractivity contribution in [3.63, 3.8) is 0 Å². The largest absolute Gasteiger partial charge is 0.464 e. The summed E-state index contributed by atoms with van der Waals surface area (Å²) in [4.78, 5) is 12.1. The molecule has 124 valence electrons. The van der Waals surface area contributed by atoms with Gasteiger partial charge >= 0.3 is 12.1 Å². The molecule has 0 aliphatic carbocycles. The first-order valence-electron chi connectivity index (χ1n) is 6.70. The summed E-state index contributed by atoms with van der Waals surface area (Å²) in [5.74, 6) is -0.908. The third kappa shape index (κ3) is 3.19. The Morgan fingerprint density at radius 2 is 2.00 bits per heavy atom. The molecule has 0 radical (unpaired) electrons. The Kier molecular flexibility index (Phi) is 4.70. The highest BCUT2D eigenvalue weighted by molar-refractivity contribution is 6.32. The molecule has 0 amide bonds. The lowest BCUT2D eigenvalue weighted by Gasteiger charge is -2.16. The zero-order valence-electron chi connectivity index (χ0n) is 12.6. The fourth-order valence-corrected chi connectivity index (χ4v) is 2.47. The number of ether oxygens (including phenoxy) is 1. The molecule has 1 heterocycles. The van der Waals surface area contributed by atoms with Crippen molar-refractivity contribution < 1.29 is 22.7 Å². The lowest BCUT2D eigenvalue weighted by Crippen LogP contribution is -2.17. The topological polar surface area (TPSA) is 44.1 Å². The van der Waals surface area contributed by atoms with E-state index in [-0.39, 0.29) is 16.6 Å². The lowest BCUT2D eigenvalue weighted by atomic mass is 10.0. The molecular formula is C15H14ClF3N2O2. The third-order valence-corrected chi connectivity index (χ3v) is 3.61. The van der Waals surface area contributed by atoms with Crippen LogP contribution in [0.25, 0.3) is 5.69 Å². The molecule has 2 aromatic rings. The van der Waals surface area contributed by atoms with Crippen molar-refractivity contribution in [2.24, 2.45) is 0 Å². The van der Waals surface area contributed by atoms with Crippen LogP contribution in [0.15, 0.2) is 24.4 Å². The number of benzene rings is 1. The maximum atomic E-state index is 13.3. The molecule has 8 heteroatoms. The number of para-hydroxylation sites is 1. The lowest BCUT2D eigenvalue weighted by molar-refractivity contribution is -0.137. The van der Waals surface area contributed by atoms with Gasteiger partial charge in [0.2, 0.25) is 0 Å². The molecule has 0 bridgehead atoms. The van der Waals surface area contributed by atoms with Crippen LogP contribution < -0.4 is 0 Å². The minimum atomic E-state index is -4.64. The van der Waals surface area contributed by atoms with Crippen molar-refractivity contribution in [1.82, 2.24) is 9.78 Å². The maximum Gasteiger partial charge on any atom is 0.418 e. The van der Waals surface area contributed by atoms with Gasteiger partial charge in [0.05, 0.1) is 29.6 Å². The Labute approximate surface area is 135 Å². The van der Waals surface area contributed by atoms with Crippen LogP contribution in [0, 0.1) is 0 Å². The monoisotopic (exact) mass is 346 g/mol. The smallest absolute Gasteiger partial charge is 0.418 e. The van der Waals surface area contributed by atoms with E-state index in [1.54, 1.807) is 13.8 Å². The Morgan fingerprint density at radius 1 is 1.35 bits per heavy atom. The summed E-state index contributed by atoms with van der Waals surface area (Å²) >= 11 is 5.97. The van der Waals surface area contributed by atoms with Gasteiger partial charge in [0.1, 0.15) is 0 Å². The number of halogens is 4. The number of nitrogens with zero attached hydrogens (tertiary/aromatic N) is 2.